The molecule has 5 nitrogen and oxygen atoms in total. The van der Waals surface area contributed by atoms with Crippen molar-refractivity contribution in [3.05, 3.63) is 52.3 Å². The SMILES string of the molecule is COc1cc(Br)cc2c1nc(C)c1c(C)nc(-c3ccnc(F)c3)n12. The van der Waals surface area contributed by atoms with E-state index in [1.54, 1.807) is 13.2 Å². The molecule has 0 unspecified atom stereocenters. The van der Waals surface area contributed by atoms with E-state index in [9.17, 15) is 4.39 Å². The van der Waals surface area contributed by atoms with Gasteiger partial charge in [0.1, 0.15) is 17.1 Å². The summed E-state index contributed by atoms with van der Waals surface area (Å²) in [6.45, 7) is 3.86. The van der Waals surface area contributed by atoms with Crippen molar-refractivity contribution < 1.29 is 9.13 Å². The molecular weight excluding hydrogens is 387 g/mol. The molecule has 0 atom stereocenters. The summed E-state index contributed by atoms with van der Waals surface area (Å²) in [5.41, 5.74) is 4.78. The van der Waals surface area contributed by atoms with Gasteiger partial charge in [-0.05, 0) is 32.0 Å². The number of fused-ring (bicyclic) bond motifs is 3. The van der Waals surface area contributed by atoms with Crippen LogP contribution in [0.15, 0.2) is 34.9 Å². The van der Waals surface area contributed by atoms with Gasteiger partial charge in [0.05, 0.1) is 29.5 Å². The van der Waals surface area contributed by atoms with E-state index in [0.717, 1.165) is 32.4 Å². The van der Waals surface area contributed by atoms with E-state index in [2.05, 4.69) is 25.9 Å². The van der Waals surface area contributed by atoms with Crippen molar-refractivity contribution in [1.82, 2.24) is 19.4 Å². The molecule has 0 aliphatic heterocycles. The molecule has 0 saturated carbocycles. The monoisotopic (exact) mass is 400 g/mol. The molecule has 0 aliphatic carbocycles. The lowest BCUT2D eigenvalue weighted by Crippen LogP contribution is -2.00. The van der Waals surface area contributed by atoms with Gasteiger partial charge in [0.15, 0.2) is 0 Å². The number of rotatable bonds is 2. The second-order valence-corrected chi connectivity index (χ2v) is 6.66. The van der Waals surface area contributed by atoms with Gasteiger partial charge >= 0.3 is 0 Å². The van der Waals surface area contributed by atoms with Crippen LogP contribution in [0.4, 0.5) is 4.39 Å². The summed E-state index contributed by atoms with van der Waals surface area (Å²) >= 11 is 3.52. The van der Waals surface area contributed by atoms with Crippen LogP contribution < -0.4 is 4.74 Å². The Labute approximate surface area is 151 Å². The molecule has 0 aliphatic rings. The van der Waals surface area contributed by atoms with Crippen molar-refractivity contribution in [3.8, 4) is 17.1 Å². The number of hydrogen-bond donors (Lipinski definition) is 0. The fourth-order valence-electron chi connectivity index (χ4n) is 3.14. The highest BCUT2D eigenvalue weighted by Crippen LogP contribution is 2.34. The maximum absolute atomic E-state index is 13.6. The second kappa shape index (κ2) is 5.77. The van der Waals surface area contributed by atoms with Crippen LogP contribution in [0, 0.1) is 19.8 Å². The standard InChI is InChI=1S/C18H14BrFN4O/c1-9-17-10(2)23-18(11-4-5-21-15(20)6-11)24(17)13-7-12(19)8-14(25-3)16(13)22-9/h4-8H,1-3H3. The minimum Gasteiger partial charge on any atom is -0.494 e. The fourth-order valence-corrected chi connectivity index (χ4v) is 3.57. The zero-order valence-corrected chi connectivity index (χ0v) is 15.4. The van der Waals surface area contributed by atoms with Crippen LogP contribution in [0.1, 0.15) is 11.4 Å². The van der Waals surface area contributed by atoms with Gasteiger partial charge in [-0.3, -0.25) is 4.40 Å². The molecule has 0 amide bonds. The van der Waals surface area contributed by atoms with E-state index in [-0.39, 0.29) is 0 Å². The van der Waals surface area contributed by atoms with Gasteiger partial charge in [-0.2, -0.15) is 4.39 Å². The highest BCUT2D eigenvalue weighted by molar-refractivity contribution is 9.10. The number of nitrogens with zero attached hydrogens (tertiary/aromatic N) is 4. The van der Waals surface area contributed by atoms with E-state index in [4.69, 9.17) is 9.72 Å². The summed E-state index contributed by atoms with van der Waals surface area (Å²) in [5, 5.41) is 0. The predicted molar refractivity (Wildman–Crippen MR) is 97.4 cm³/mol. The number of benzene rings is 1. The van der Waals surface area contributed by atoms with Crippen molar-refractivity contribution >= 4 is 32.5 Å². The van der Waals surface area contributed by atoms with Crippen molar-refractivity contribution in [1.29, 1.82) is 0 Å². The molecule has 0 fully saturated rings. The molecule has 3 aromatic heterocycles. The Kier molecular flexibility index (Phi) is 3.68. The molecule has 25 heavy (non-hydrogen) atoms. The summed E-state index contributed by atoms with van der Waals surface area (Å²) in [7, 11) is 1.61. The zero-order chi connectivity index (χ0) is 17.7. The summed E-state index contributed by atoms with van der Waals surface area (Å²) < 4.78 is 22.0. The number of imidazole rings is 1. The molecule has 126 valence electrons. The quantitative estimate of drug-likeness (QED) is 0.465. The summed E-state index contributed by atoms with van der Waals surface area (Å²) in [6.07, 6.45) is 1.44. The number of aromatic nitrogens is 4. The normalized spacial score (nSPS) is 11.4. The first-order chi connectivity index (χ1) is 12.0. The van der Waals surface area contributed by atoms with Crippen LogP contribution in [0.3, 0.4) is 0 Å². The summed E-state index contributed by atoms with van der Waals surface area (Å²) in [6, 6.07) is 6.95. The van der Waals surface area contributed by atoms with E-state index in [1.807, 2.05) is 30.4 Å². The zero-order valence-electron chi connectivity index (χ0n) is 13.8. The second-order valence-electron chi connectivity index (χ2n) is 5.75. The minimum absolute atomic E-state index is 0.541. The molecule has 0 N–H and O–H groups in total. The average Bonchev–Trinajstić information content (AvgIpc) is 2.93. The Balaban J connectivity index is 2.22. The third-order valence-corrected chi connectivity index (χ3v) is 4.60. The smallest absolute Gasteiger partial charge is 0.213 e. The molecule has 4 rings (SSSR count). The third kappa shape index (κ3) is 2.46. The number of methoxy groups -OCH3 is 1. The van der Waals surface area contributed by atoms with Crippen LogP contribution >= 0.6 is 15.9 Å². The molecule has 0 bridgehead atoms. The molecule has 0 radical (unpaired) electrons. The Hall–Kier alpha value is -2.54. The van der Waals surface area contributed by atoms with Crippen LogP contribution in [0.25, 0.3) is 27.9 Å². The Morgan fingerprint density at radius 2 is 1.88 bits per heavy atom. The first kappa shape index (κ1) is 16.0. The van der Waals surface area contributed by atoms with Gasteiger partial charge in [-0.25, -0.2) is 15.0 Å². The van der Waals surface area contributed by atoms with Gasteiger partial charge < -0.3 is 4.74 Å². The molecule has 0 saturated heterocycles. The first-order valence-electron chi connectivity index (χ1n) is 7.64. The highest BCUT2D eigenvalue weighted by atomic mass is 79.9. The van der Waals surface area contributed by atoms with Crippen molar-refractivity contribution in [2.45, 2.75) is 13.8 Å². The number of ether oxygens (including phenoxy) is 1. The Morgan fingerprint density at radius 3 is 2.60 bits per heavy atom. The number of pyridine rings is 1. The maximum Gasteiger partial charge on any atom is 0.213 e. The largest absolute Gasteiger partial charge is 0.494 e. The lowest BCUT2D eigenvalue weighted by Gasteiger charge is -2.12. The van der Waals surface area contributed by atoms with Crippen molar-refractivity contribution in [2.75, 3.05) is 7.11 Å². The lowest BCUT2D eigenvalue weighted by molar-refractivity contribution is 0.418. The number of hydrogen-bond acceptors (Lipinski definition) is 4. The van der Waals surface area contributed by atoms with Crippen LogP contribution in [0.5, 0.6) is 5.75 Å². The van der Waals surface area contributed by atoms with E-state index in [1.165, 1.54) is 12.3 Å². The van der Waals surface area contributed by atoms with Crippen LogP contribution in [-0.4, -0.2) is 26.5 Å². The lowest BCUT2D eigenvalue weighted by atomic mass is 10.2. The van der Waals surface area contributed by atoms with Gasteiger partial charge in [0, 0.05) is 22.3 Å². The van der Waals surface area contributed by atoms with E-state index >= 15 is 0 Å². The topological polar surface area (TPSA) is 52.3 Å². The Morgan fingerprint density at radius 1 is 1.12 bits per heavy atom. The highest BCUT2D eigenvalue weighted by Gasteiger charge is 2.18. The number of aryl methyl sites for hydroxylation is 2. The molecule has 7 heteroatoms. The number of halogens is 2. The van der Waals surface area contributed by atoms with Gasteiger partial charge in [-0.15, -0.1) is 0 Å². The Bertz CT molecular complexity index is 1140. The molecule has 1 aromatic carbocycles. The molecule has 0 spiro atoms. The van der Waals surface area contributed by atoms with Crippen molar-refractivity contribution in [3.63, 3.8) is 0 Å². The van der Waals surface area contributed by atoms with Crippen LogP contribution in [0.2, 0.25) is 0 Å². The third-order valence-electron chi connectivity index (χ3n) is 4.14. The van der Waals surface area contributed by atoms with Gasteiger partial charge in [-0.1, -0.05) is 15.9 Å². The molecule has 4 aromatic rings. The minimum atomic E-state index is -0.541. The van der Waals surface area contributed by atoms with Crippen molar-refractivity contribution in [2.24, 2.45) is 0 Å². The molecule has 3 heterocycles. The van der Waals surface area contributed by atoms with Gasteiger partial charge in [0.25, 0.3) is 0 Å². The fraction of sp³-hybridized carbons (Fsp3) is 0.167. The molecular formula is C18H14BrFN4O. The van der Waals surface area contributed by atoms with Gasteiger partial charge in [0.2, 0.25) is 5.95 Å². The van der Waals surface area contributed by atoms with E-state index in [0.29, 0.717) is 17.1 Å². The first-order valence-corrected chi connectivity index (χ1v) is 8.43. The van der Waals surface area contributed by atoms with E-state index < -0.39 is 5.95 Å². The summed E-state index contributed by atoms with van der Waals surface area (Å²) in [5.74, 6) is 0.762. The maximum atomic E-state index is 13.6. The summed E-state index contributed by atoms with van der Waals surface area (Å²) in [4.78, 5) is 13.0. The average molecular weight is 401 g/mol. The van der Waals surface area contributed by atoms with Crippen LogP contribution in [-0.2, 0) is 0 Å². The predicted octanol–water partition coefficient (Wildman–Crippen LogP) is 4.47.